The van der Waals surface area contributed by atoms with Crippen LogP contribution in [0.1, 0.15) is 16.1 Å². The number of nitrogens with two attached hydrogens (primary N) is 1. The van der Waals surface area contributed by atoms with Gasteiger partial charge in [0.2, 0.25) is 10.0 Å². The van der Waals surface area contributed by atoms with Crippen LogP contribution in [0.3, 0.4) is 0 Å². The zero-order valence-electron chi connectivity index (χ0n) is 16.7. The molecule has 3 N–H and O–H groups in total. The summed E-state index contributed by atoms with van der Waals surface area (Å²) in [6.45, 7) is 0.339. The molecule has 0 aliphatic heterocycles. The molecule has 4 aromatic rings. The number of thiophene rings is 1. The summed E-state index contributed by atoms with van der Waals surface area (Å²) >= 11 is 1.51. The van der Waals surface area contributed by atoms with Gasteiger partial charge in [0.25, 0.3) is 5.91 Å². The summed E-state index contributed by atoms with van der Waals surface area (Å²) in [5.74, 6) is -0.696. The Morgan fingerprint density at radius 2 is 1.81 bits per heavy atom. The molecule has 0 fully saturated rings. The number of sulfonamides is 1. The number of rotatable bonds is 7. The first-order valence-corrected chi connectivity index (χ1v) is 12.0. The normalized spacial score (nSPS) is 11.4. The van der Waals surface area contributed by atoms with E-state index in [1.54, 1.807) is 35.0 Å². The summed E-state index contributed by atoms with van der Waals surface area (Å²) in [6, 6.07) is 17.6. The molecule has 2 aromatic heterocycles. The molecule has 4 rings (SSSR count). The summed E-state index contributed by atoms with van der Waals surface area (Å²) in [4.78, 5) is 13.7. The van der Waals surface area contributed by atoms with Crippen molar-refractivity contribution in [3.63, 3.8) is 0 Å². The van der Waals surface area contributed by atoms with Crippen LogP contribution >= 0.6 is 11.3 Å². The van der Waals surface area contributed by atoms with E-state index in [-0.39, 0.29) is 22.3 Å². The fourth-order valence-corrected chi connectivity index (χ4v) is 4.37. The number of carbonyl (C=O) groups is 1. The molecular weight excluding hydrogens is 451 g/mol. The van der Waals surface area contributed by atoms with Crippen LogP contribution in [0, 0.1) is 5.82 Å². The van der Waals surface area contributed by atoms with E-state index >= 15 is 0 Å². The molecule has 0 aliphatic rings. The molecule has 164 valence electrons. The fraction of sp³-hybridized carbons (Fsp3) is 0.0909. The average Bonchev–Trinajstić information content (AvgIpc) is 3.44. The summed E-state index contributed by atoms with van der Waals surface area (Å²) < 4.78 is 37.6. The third-order valence-electron chi connectivity index (χ3n) is 4.74. The molecule has 0 saturated heterocycles. The quantitative estimate of drug-likeness (QED) is 0.432. The van der Waals surface area contributed by atoms with Crippen molar-refractivity contribution < 1.29 is 17.6 Å². The minimum atomic E-state index is -3.74. The summed E-state index contributed by atoms with van der Waals surface area (Å²) in [6.07, 6.45) is 0.507. The lowest BCUT2D eigenvalue weighted by molar-refractivity contribution is 0.0948. The van der Waals surface area contributed by atoms with Gasteiger partial charge in [-0.05, 0) is 65.9 Å². The standard InChI is InChI=1S/C22H19FN4O3S2/c23-16-5-7-17(8-6-16)27-20(21-2-1-13-31-21)14-19(26-27)22(28)25-12-11-15-3-9-18(10-4-15)32(24,29)30/h1-10,13-14H,11-12H2,(H,25,28)(H2,24,29,30). The molecule has 0 radical (unpaired) electrons. The van der Waals surface area contributed by atoms with Crippen molar-refractivity contribution in [2.45, 2.75) is 11.3 Å². The topological polar surface area (TPSA) is 107 Å². The van der Waals surface area contributed by atoms with E-state index < -0.39 is 10.0 Å². The largest absolute Gasteiger partial charge is 0.350 e. The number of aromatic nitrogens is 2. The van der Waals surface area contributed by atoms with Crippen molar-refractivity contribution >= 4 is 27.3 Å². The van der Waals surface area contributed by atoms with E-state index in [1.807, 2.05) is 17.5 Å². The number of nitrogens with zero attached hydrogens (tertiary/aromatic N) is 2. The van der Waals surface area contributed by atoms with Gasteiger partial charge >= 0.3 is 0 Å². The summed E-state index contributed by atoms with van der Waals surface area (Å²) in [7, 11) is -3.74. The highest BCUT2D eigenvalue weighted by Gasteiger charge is 2.17. The van der Waals surface area contributed by atoms with Crippen LogP contribution in [0.2, 0.25) is 0 Å². The minimum absolute atomic E-state index is 0.0396. The van der Waals surface area contributed by atoms with Gasteiger partial charge in [-0.25, -0.2) is 22.6 Å². The van der Waals surface area contributed by atoms with Crippen molar-refractivity contribution in [3.05, 3.63) is 89.2 Å². The summed E-state index contributed by atoms with van der Waals surface area (Å²) in [5, 5.41) is 14.3. The highest BCUT2D eigenvalue weighted by molar-refractivity contribution is 7.89. The number of carbonyl (C=O) groups excluding carboxylic acids is 1. The van der Waals surface area contributed by atoms with Crippen LogP contribution in [0.15, 0.2) is 77.0 Å². The van der Waals surface area contributed by atoms with Crippen LogP contribution in [-0.4, -0.2) is 30.7 Å². The average molecular weight is 471 g/mol. The SMILES string of the molecule is NS(=O)(=O)c1ccc(CCNC(=O)c2cc(-c3cccs3)n(-c3ccc(F)cc3)n2)cc1. The van der Waals surface area contributed by atoms with Crippen molar-refractivity contribution in [3.8, 4) is 16.3 Å². The molecule has 2 aromatic carbocycles. The van der Waals surface area contributed by atoms with Gasteiger partial charge in [0.1, 0.15) is 5.82 Å². The van der Waals surface area contributed by atoms with Crippen molar-refractivity contribution in [2.75, 3.05) is 6.54 Å². The van der Waals surface area contributed by atoms with Gasteiger partial charge in [0.15, 0.2) is 5.69 Å². The molecule has 0 aliphatic carbocycles. The smallest absolute Gasteiger partial charge is 0.271 e. The first-order valence-electron chi connectivity index (χ1n) is 9.61. The van der Waals surface area contributed by atoms with E-state index in [0.717, 1.165) is 16.1 Å². The Morgan fingerprint density at radius 3 is 2.44 bits per heavy atom. The van der Waals surface area contributed by atoms with E-state index in [9.17, 15) is 17.6 Å². The Balaban J connectivity index is 1.49. The maximum absolute atomic E-state index is 13.3. The van der Waals surface area contributed by atoms with Crippen molar-refractivity contribution in [2.24, 2.45) is 5.14 Å². The maximum Gasteiger partial charge on any atom is 0.271 e. The molecule has 0 spiro atoms. The van der Waals surface area contributed by atoms with Crippen molar-refractivity contribution in [1.82, 2.24) is 15.1 Å². The Kier molecular flexibility index (Phi) is 6.17. The second-order valence-electron chi connectivity index (χ2n) is 6.98. The second kappa shape index (κ2) is 9.03. The van der Waals surface area contributed by atoms with Gasteiger partial charge in [-0.3, -0.25) is 4.79 Å². The Hall–Kier alpha value is -3.34. The van der Waals surface area contributed by atoms with Gasteiger partial charge in [-0.15, -0.1) is 11.3 Å². The highest BCUT2D eigenvalue weighted by Crippen LogP contribution is 2.28. The maximum atomic E-state index is 13.3. The van der Waals surface area contributed by atoms with Gasteiger partial charge in [0.05, 0.1) is 21.2 Å². The molecule has 0 unspecified atom stereocenters. The number of halogens is 1. The van der Waals surface area contributed by atoms with Crippen LogP contribution in [0.4, 0.5) is 4.39 Å². The van der Waals surface area contributed by atoms with E-state index in [1.165, 1.54) is 35.6 Å². The number of primary sulfonamides is 1. The Labute approximate surface area is 188 Å². The molecular formula is C22H19FN4O3S2. The molecule has 7 nitrogen and oxygen atoms in total. The van der Waals surface area contributed by atoms with Gasteiger partial charge < -0.3 is 5.32 Å². The van der Waals surface area contributed by atoms with Crippen molar-refractivity contribution in [1.29, 1.82) is 0 Å². The fourth-order valence-electron chi connectivity index (χ4n) is 3.13. The lowest BCUT2D eigenvalue weighted by Gasteiger charge is -2.06. The predicted molar refractivity (Wildman–Crippen MR) is 121 cm³/mol. The lowest BCUT2D eigenvalue weighted by atomic mass is 10.1. The van der Waals surface area contributed by atoms with Crippen LogP contribution in [0.25, 0.3) is 16.3 Å². The zero-order valence-corrected chi connectivity index (χ0v) is 18.4. The number of hydrogen-bond acceptors (Lipinski definition) is 5. The van der Waals surface area contributed by atoms with Gasteiger partial charge in [-0.2, -0.15) is 5.10 Å². The molecule has 1 amide bonds. The minimum Gasteiger partial charge on any atom is -0.350 e. The number of hydrogen-bond donors (Lipinski definition) is 2. The molecule has 10 heteroatoms. The third kappa shape index (κ3) is 4.93. The van der Waals surface area contributed by atoms with Crippen LogP contribution < -0.4 is 10.5 Å². The third-order valence-corrected chi connectivity index (χ3v) is 6.56. The first kappa shape index (κ1) is 21.9. The van der Waals surface area contributed by atoms with E-state index in [0.29, 0.717) is 18.7 Å². The molecule has 0 bridgehead atoms. The predicted octanol–water partition coefficient (Wildman–Crippen LogP) is 3.36. The monoisotopic (exact) mass is 470 g/mol. The zero-order chi connectivity index (χ0) is 22.7. The first-order chi connectivity index (χ1) is 15.3. The Bertz CT molecular complexity index is 1330. The van der Waals surface area contributed by atoms with Gasteiger partial charge in [0, 0.05) is 6.54 Å². The van der Waals surface area contributed by atoms with Crippen LogP contribution in [0.5, 0.6) is 0 Å². The lowest BCUT2D eigenvalue weighted by Crippen LogP contribution is -2.26. The number of benzene rings is 2. The second-order valence-corrected chi connectivity index (χ2v) is 9.48. The van der Waals surface area contributed by atoms with E-state index in [4.69, 9.17) is 5.14 Å². The molecule has 32 heavy (non-hydrogen) atoms. The van der Waals surface area contributed by atoms with E-state index in [2.05, 4.69) is 10.4 Å². The van der Waals surface area contributed by atoms with Crippen LogP contribution in [-0.2, 0) is 16.4 Å². The number of nitrogens with one attached hydrogen (secondary N) is 1. The Morgan fingerprint density at radius 1 is 1.09 bits per heavy atom. The molecule has 0 saturated carbocycles. The highest BCUT2D eigenvalue weighted by atomic mass is 32.2. The summed E-state index contributed by atoms with van der Waals surface area (Å²) in [5.41, 5.74) is 2.47. The number of amides is 1. The molecule has 0 atom stereocenters. The molecule has 2 heterocycles. The van der Waals surface area contributed by atoms with Gasteiger partial charge in [-0.1, -0.05) is 18.2 Å².